The number of nitrogens with zero attached hydrogens (tertiary/aromatic N) is 3. The second-order valence-electron chi connectivity index (χ2n) is 9.51. The third kappa shape index (κ3) is 4.63. The molecule has 3 aromatic heterocycles. The summed E-state index contributed by atoms with van der Waals surface area (Å²) in [5, 5.41) is 12.2. The summed E-state index contributed by atoms with van der Waals surface area (Å²) in [7, 11) is 0. The number of imidazole rings is 1. The second-order valence-corrected chi connectivity index (χ2v) is 9.51. The van der Waals surface area contributed by atoms with Gasteiger partial charge in [0, 0.05) is 28.5 Å². The van der Waals surface area contributed by atoms with Crippen LogP contribution in [0.5, 0.6) is 0 Å². The van der Waals surface area contributed by atoms with Gasteiger partial charge in [-0.25, -0.2) is 4.98 Å². The van der Waals surface area contributed by atoms with Crippen LogP contribution in [0.1, 0.15) is 69.4 Å². The highest BCUT2D eigenvalue weighted by molar-refractivity contribution is 5.96. The molecule has 1 aliphatic rings. The van der Waals surface area contributed by atoms with Crippen molar-refractivity contribution in [1.29, 1.82) is 0 Å². The first-order chi connectivity index (χ1) is 17.6. The Bertz CT molecular complexity index is 1480. The van der Waals surface area contributed by atoms with Gasteiger partial charge in [0.05, 0.1) is 22.7 Å². The summed E-state index contributed by atoms with van der Waals surface area (Å²) in [5.41, 5.74) is 9.09. The van der Waals surface area contributed by atoms with Crippen LogP contribution in [0.2, 0.25) is 0 Å². The van der Waals surface area contributed by atoms with Gasteiger partial charge in [-0.15, -0.1) is 0 Å². The van der Waals surface area contributed by atoms with Gasteiger partial charge in [0.25, 0.3) is 0 Å². The zero-order chi connectivity index (χ0) is 25.1. The van der Waals surface area contributed by atoms with E-state index in [0.29, 0.717) is 5.92 Å². The lowest BCUT2D eigenvalue weighted by molar-refractivity contribution is 0.444. The van der Waals surface area contributed by atoms with Crippen molar-refractivity contribution in [2.24, 2.45) is 0 Å². The van der Waals surface area contributed by atoms with Crippen molar-refractivity contribution in [3.8, 4) is 11.5 Å². The van der Waals surface area contributed by atoms with Gasteiger partial charge in [-0.3, -0.25) is 10.1 Å². The van der Waals surface area contributed by atoms with E-state index < -0.39 is 0 Å². The van der Waals surface area contributed by atoms with E-state index in [2.05, 4.69) is 75.9 Å². The molecule has 6 nitrogen and oxygen atoms in total. The van der Waals surface area contributed by atoms with Gasteiger partial charge in [0.15, 0.2) is 5.82 Å². The van der Waals surface area contributed by atoms with E-state index in [0.717, 1.165) is 62.4 Å². The molecule has 1 fully saturated rings. The number of H-pyrrole nitrogens is 2. The van der Waals surface area contributed by atoms with Crippen molar-refractivity contribution in [1.82, 2.24) is 30.5 Å². The Morgan fingerprint density at radius 2 is 2.00 bits per heavy atom. The fourth-order valence-corrected chi connectivity index (χ4v) is 5.09. The molecule has 0 bridgehead atoms. The number of hydrogen-bond acceptors (Lipinski definition) is 4. The Labute approximate surface area is 212 Å². The monoisotopic (exact) mass is 478 g/mol. The fourth-order valence-electron chi connectivity index (χ4n) is 5.09. The molecule has 3 heterocycles. The molecule has 0 saturated heterocycles. The summed E-state index contributed by atoms with van der Waals surface area (Å²) in [6.07, 6.45) is 17.1. The highest BCUT2D eigenvalue weighted by Crippen LogP contribution is 2.36. The molecule has 0 radical (unpaired) electrons. The normalized spacial score (nSPS) is 15.5. The quantitative estimate of drug-likeness (QED) is 0.229. The minimum absolute atomic E-state index is 0.536. The van der Waals surface area contributed by atoms with Gasteiger partial charge < -0.3 is 10.3 Å². The predicted molar refractivity (Wildman–Crippen MR) is 149 cm³/mol. The SMILES string of the molecule is C=C/C(=C\C(=C/C)c1ccc2[nH]nc(-c3nc4c(C5CCCCC5)cncc4[nH]3)c2c1)NC(=C)CC. The van der Waals surface area contributed by atoms with Gasteiger partial charge in [-0.1, -0.05) is 51.5 Å². The number of allylic oxidation sites excluding steroid dienone is 5. The molecule has 1 saturated carbocycles. The van der Waals surface area contributed by atoms with Gasteiger partial charge in [0.1, 0.15) is 5.69 Å². The lowest BCUT2D eigenvalue weighted by Gasteiger charge is -2.21. The zero-order valence-electron chi connectivity index (χ0n) is 21.2. The van der Waals surface area contributed by atoms with E-state index in [1.807, 2.05) is 25.4 Å². The smallest absolute Gasteiger partial charge is 0.159 e. The number of nitrogens with one attached hydrogen (secondary N) is 3. The fraction of sp³-hybridized carbons (Fsp3) is 0.300. The molecule has 6 heteroatoms. The number of aromatic amines is 2. The van der Waals surface area contributed by atoms with Crippen LogP contribution < -0.4 is 5.32 Å². The lowest BCUT2D eigenvalue weighted by atomic mass is 9.84. The molecule has 5 rings (SSSR count). The summed E-state index contributed by atoms with van der Waals surface area (Å²) in [4.78, 5) is 13.0. The Kier molecular flexibility index (Phi) is 6.85. The number of rotatable bonds is 8. The second kappa shape index (κ2) is 10.4. The standard InChI is InChI=1S/C30H34N6/c1-5-19(4)32-23(7-3)15-20(6-2)22-13-14-26-24(16-22)29(36-35-26)30-33-27-18-31-17-25(28(27)34-30)21-11-9-8-10-12-21/h6-7,13-18,21,32H,3-5,8-12H2,1-2H3,(H,33,34)(H,35,36)/b20-6+,23-15+. The minimum atomic E-state index is 0.536. The average Bonchev–Trinajstić information content (AvgIpc) is 3.54. The van der Waals surface area contributed by atoms with Crippen LogP contribution in [0.25, 0.3) is 39.0 Å². The van der Waals surface area contributed by atoms with E-state index in [1.165, 1.54) is 37.7 Å². The number of aromatic nitrogens is 5. The largest absolute Gasteiger partial charge is 0.359 e. The summed E-state index contributed by atoms with van der Waals surface area (Å²) in [5.74, 6) is 1.30. The van der Waals surface area contributed by atoms with Crippen LogP contribution in [0.15, 0.2) is 73.4 Å². The Hall–Kier alpha value is -3.93. The average molecular weight is 479 g/mol. The number of fused-ring (bicyclic) bond motifs is 2. The van der Waals surface area contributed by atoms with Crippen molar-refractivity contribution >= 4 is 27.5 Å². The van der Waals surface area contributed by atoms with Gasteiger partial charge in [0.2, 0.25) is 0 Å². The summed E-state index contributed by atoms with van der Waals surface area (Å²) < 4.78 is 0. The van der Waals surface area contributed by atoms with E-state index in [-0.39, 0.29) is 0 Å². The van der Waals surface area contributed by atoms with Crippen molar-refractivity contribution < 1.29 is 0 Å². The summed E-state index contributed by atoms with van der Waals surface area (Å²) in [6.45, 7) is 12.1. The van der Waals surface area contributed by atoms with Crippen LogP contribution in [-0.4, -0.2) is 25.1 Å². The van der Waals surface area contributed by atoms with Gasteiger partial charge in [-0.2, -0.15) is 5.10 Å². The van der Waals surface area contributed by atoms with Crippen LogP contribution in [0.4, 0.5) is 0 Å². The number of benzene rings is 1. The zero-order valence-corrected chi connectivity index (χ0v) is 21.2. The van der Waals surface area contributed by atoms with Crippen LogP contribution in [0, 0.1) is 0 Å². The minimum Gasteiger partial charge on any atom is -0.359 e. The van der Waals surface area contributed by atoms with Crippen molar-refractivity contribution in [2.45, 2.75) is 58.3 Å². The van der Waals surface area contributed by atoms with E-state index in [1.54, 1.807) is 0 Å². The summed E-state index contributed by atoms with van der Waals surface area (Å²) in [6, 6.07) is 6.35. The highest BCUT2D eigenvalue weighted by atomic mass is 15.1. The molecule has 0 atom stereocenters. The Balaban J connectivity index is 1.54. The molecule has 0 amide bonds. The molecular weight excluding hydrogens is 444 g/mol. The van der Waals surface area contributed by atoms with Crippen LogP contribution in [-0.2, 0) is 0 Å². The number of hydrogen-bond donors (Lipinski definition) is 3. The third-order valence-electron chi connectivity index (χ3n) is 7.18. The molecule has 0 spiro atoms. The third-order valence-corrected chi connectivity index (χ3v) is 7.18. The van der Waals surface area contributed by atoms with E-state index >= 15 is 0 Å². The van der Waals surface area contributed by atoms with Crippen molar-refractivity contribution in [3.63, 3.8) is 0 Å². The molecule has 0 aliphatic heterocycles. The number of pyridine rings is 1. The molecule has 1 aromatic carbocycles. The maximum absolute atomic E-state index is 5.04. The van der Waals surface area contributed by atoms with Crippen LogP contribution in [0.3, 0.4) is 0 Å². The van der Waals surface area contributed by atoms with E-state index in [4.69, 9.17) is 4.98 Å². The Morgan fingerprint density at radius 3 is 2.75 bits per heavy atom. The molecule has 3 N–H and O–H groups in total. The molecular formula is C30H34N6. The van der Waals surface area contributed by atoms with Gasteiger partial charge >= 0.3 is 0 Å². The first-order valence-corrected chi connectivity index (χ1v) is 12.9. The molecule has 36 heavy (non-hydrogen) atoms. The lowest BCUT2D eigenvalue weighted by Crippen LogP contribution is -2.09. The Morgan fingerprint density at radius 1 is 1.17 bits per heavy atom. The molecule has 184 valence electrons. The molecule has 0 unspecified atom stereocenters. The van der Waals surface area contributed by atoms with Crippen molar-refractivity contribution in [3.05, 3.63) is 84.5 Å². The molecule has 1 aliphatic carbocycles. The van der Waals surface area contributed by atoms with E-state index in [9.17, 15) is 0 Å². The first kappa shape index (κ1) is 23.8. The highest BCUT2D eigenvalue weighted by Gasteiger charge is 2.21. The maximum Gasteiger partial charge on any atom is 0.159 e. The summed E-state index contributed by atoms with van der Waals surface area (Å²) >= 11 is 0. The molecule has 4 aromatic rings. The maximum atomic E-state index is 5.04. The van der Waals surface area contributed by atoms with Crippen molar-refractivity contribution in [2.75, 3.05) is 0 Å². The predicted octanol–water partition coefficient (Wildman–Crippen LogP) is 7.54. The van der Waals surface area contributed by atoms with Gasteiger partial charge in [-0.05, 0) is 67.5 Å². The topological polar surface area (TPSA) is 82.3 Å². The van der Waals surface area contributed by atoms with Crippen LogP contribution >= 0.6 is 0 Å². The first-order valence-electron chi connectivity index (χ1n) is 12.9.